The summed E-state index contributed by atoms with van der Waals surface area (Å²) in [5, 5.41) is 1.81. The Morgan fingerprint density at radius 2 is 1.37 bits per heavy atom. The number of hydrogen-bond donors (Lipinski definition) is 0. The van der Waals surface area contributed by atoms with Crippen LogP contribution in [-0.4, -0.2) is 11.6 Å². The fourth-order valence-corrected chi connectivity index (χ4v) is 3.13. The fourth-order valence-electron chi connectivity index (χ4n) is 2.24. The second kappa shape index (κ2) is 4.94. The average molecular weight is 268 g/mol. The van der Waals surface area contributed by atoms with Crippen molar-refractivity contribution in [2.24, 2.45) is 11.8 Å². The molecule has 94 valence electrons. The second-order valence-corrected chi connectivity index (χ2v) is 5.40. The van der Waals surface area contributed by atoms with Crippen molar-refractivity contribution >= 4 is 22.9 Å². The van der Waals surface area contributed by atoms with Crippen LogP contribution in [0.5, 0.6) is 0 Å². The highest BCUT2D eigenvalue weighted by atomic mass is 32.1. The van der Waals surface area contributed by atoms with E-state index in [-0.39, 0.29) is 23.4 Å². The van der Waals surface area contributed by atoms with Gasteiger partial charge in [-0.1, -0.05) is 48.6 Å². The van der Waals surface area contributed by atoms with Crippen molar-refractivity contribution < 1.29 is 9.59 Å². The van der Waals surface area contributed by atoms with Gasteiger partial charge < -0.3 is 0 Å². The van der Waals surface area contributed by atoms with Gasteiger partial charge in [-0.3, -0.25) is 9.59 Å². The van der Waals surface area contributed by atoms with Gasteiger partial charge in [-0.25, -0.2) is 0 Å². The third-order valence-corrected chi connectivity index (χ3v) is 4.18. The lowest BCUT2D eigenvalue weighted by Gasteiger charge is -2.07. The summed E-state index contributed by atoms with van der Waals surface area (Å²) in [5.74, 6) is -0.439. The molecule has 0 amide bonds. The highest BCUT2D eigenvalue weighted by Gasteiger charge is 2.26. The normalized spacial score (nSPS) is 17.7. The molecule has 1 aromatic heterocycles. The molecule has 19 heavy (non-hydrogen) atoms. The molecule has 3 rings (SSSR count). The minimum atomic E-state index is -0.226. The van der Waals surface area contributed by atoms with E-state index >= 15 is 0 Å². The van der Waals surface area contributed by atoms with Gasteiger partial charge in [0, 0.05) is 5.56 Å². The maximum Gasteiger partial charge on any atom is 0.184 e. The molecule has 0 unspecified atom stereocenters. The molecule has 0 aliphatic heterocycles. The van der Waals surface area contributed by atoms with Gasteiger partial charge in [0.1, 0.15) is 0 Å². The Morgan fingerprint density at radius 1 is 0.842 bits per heavy atom. The predicted molar refractivity (Wildman–Crippen MR) is 76.5 cm³/mol. The SMILES string of the molecule is O=C(c1ccsc1C(=O)C1C=CC=C1)C1C=CC=C1. The number of hydrogen-bond acceptors (Lipinski definition) is 3. The lowest BCUT2D eigenvalue weighted by Crippen LogP contribution is -2.15. The molecule has 0 bridgehead atoms. The number of Topliss-reactive ketones (excluding diaryl/α,β-unsaturated/α-hetero) is 2. The lowest BCUT2D eigenvalue weighted by molar-refractivity contribution is 0.0936. The molecular weight excluding hydrogens is 256 g/mol. The van der Waals surface area contributed by atoms with Crippen LogP contribution in [0.2, 0.25) is 0 Å². The van der Waals surface area contributed by atoms with Crippen molar-refractivity contribution in [1.29, 1.82) is 0 Å². The highest BCUT2D eigenvalue weighted by molar-refractivity contribution is 7.12. The molecule has 2 aliphatic rings. The van der Waals surface area contributed by atoms with E-state index in [0.717, 1.165) is 0 Å². The van der Waals surface area contributed by atoms with Crippen LogP contribution in [0.3, 0.4) is 0 Å². The number of carbonyl (C=O) groups is 2. The average Bonchev–Trinajstić information content (AvgIpc) is 3.16. The summed E-state index contributed by atoms with van der Waals surface area (Å²) in [6.07, 6.45) is 14.8. The van der Waals surface area contributed by atoms with Gasteiger partial charge in [0.15, 0.2) is 11.6 Å². The molecule has 2 nitrogen and oxygen atoms in total. The molecule has 0 saturated carbocycles. The zero-order valence-corrected chi connectivity index (χ0v) is 11.0. The van der Waals surface area contributed by atoms with E-state index in [9.17, 15) is 9.59 Å². The van der Waals surface area contributed by atoms with Crippen LogP contribution in [0.15, 0.2) is 60.1 Å². The minimum absolute atomic E-state index is 0.000515. The van der Waals surface area contributed by atoms with Gasteiger partial charge in [0.05, 0.1) is 16.7 Å². The largest absolute Gasteiger partial charge is 0.293 e. The molecule has 0 saturated heterocycles. The fraction of sp³-hybridized carbons (Fsp3) is 0.125. The molecule has 0 atom stereocenters. The van der Waals surface area contributed by atoms with Gasteiger partial charge in [0.25, 0.3) is 0 Å². The van der Waals surface area contributed by atoms with Crippen molar-refractivity contribution in [1.82, 2.24) is 0 Å². The van der Waals surface area contributed by atoms with Gasteiger partial charge in [-0.05, 0) is 11.4 Å². The molecule has 3 heteroatoms. The quantitative estimate of drug-likeness (QED) is 0.782. The Kier molecular flexibility index (Phi) is 3.13. The summed E-state index contributed by atoms with van der Waals surface area (Å²) in [4.78, 5) is 25.3. The Bertz CT molecular complexity index is 565. The van der Waals surface area contributed by atoms with E-state index in [0.29, 0.717) is 10.4 Å². The summed E-state index contributed by atoms with van der Waals surface area (Å²) in [7, 11) is 0. The van der Waals surface area contributed by atoms with Gasteiger partial charge >= 0.3 is 0 Å². The van der Waals surface area contributed by atoms with Gasteiger partial charge in [0.2, 0.25) is 0 Å². The first-order valence-corrected chi connectivity index (χ1v) is 7.01. The van der Waals surface area contributed by atoms with Crippen LogP contribution >= 0.6 is 11.3 Å². The van der Waals surface area contributed by atoms with Gasteiger partial charge in [-0.2, -0.15) is 0 Å². The topological polar surface area (TPSA) is 34.1 Å². The number of rotatable bonds is 4. The Morgan fingerprint density at radius 3 is 1.95 bits per heavy atom. The molecule has 0 aromatic carbocycles. The van der Waals surface area contributed by atoms with E-state index in [1.54, 1.807) is 6.07 Å². The van der Waals surface area contributed by atoms with Crippen molar-refractivity contribution in [2.45, 2.75) is 0 Å². The van der Waals surface area contributed by atoms with Crippen LogP contribution in [0.25, 0.3) is 0 Å². The smallest absolute Gasteiger partial charge is 0.184 e. The van der Waals surface area contributed by atoms with E-state index in [1.165, 1.54) is 11.3 Å². The van der Waals surface area contributed by atoms with Crippen LogP contribution in [0, 0.1) is 11.8 Å². The van der Waals surface area contributed by atoms with E-state index in [2.05, 4.69) is 0 Å². The van der Waals surface area contributed by atoms with Crippen molar-refractivity contribution in [3.05, 3.63) is 70.5 Å². The monoisotopic (exact) mass is 268 g/mol. The summed E-state index contributed by atoms with van der Waals surface area (Å²) >= 11 is 1.35. The summed E-state index contributed by atoms with van der Waals surface area (Å²) in [6, 6.07) is 1.75. The first-order chi connectivity index (χ1) is 9.27. The Hall–Kier alpha value is -2.00. The molecule has 2 aliphatic carbocycles. The predicted octanol–water partition coefficient (Wildman–Crippen LogP) is 3.60. The van der Waals surface area contributed by atoms with Crippen LogP contribution < -0.4 is 0 Å². The maximum absolute atomic E-state index is 12.4. The number of thiophene rings is 1. The number of carbonyl (C=O) groups excluding carboxylic acids is 2. The van der Waals surface area contributed by atoms with Gasteiger partial charge in [-0.15, -0.1) is 11.3 Å². The molecule has 0 spiro atoms. The van der Waals surface area contributed by atoms with Crippen molar-refractivity contribution in [3.63, 3.8) is 0 Å². The lowest BCUT2D eigenvalue weighted by atomic mass is 9.95. The van der Waals surface area contributed by atoms with Crippen molar-refractivity contribution in [3.8, 4) is 0 Å². The minimum Gasteiger partial charge on any atom is -0.293 e. The standard InChI is InChI=1S/C16H12O2S/c17-14(11-5-1-2-6-11)13-9-10-19-16(13)15(18)12-7-3-4-8-12/h1-12H. The Labute approximate surface area is 115 Å². The third kappa shape index (κ3) is 2.17. The van der Waals surface area contributed by atoms with E-state index < -0.39 is 0 Å². The van der Waals surface area contributed by atoms with E-state index in [4.69, 9.17) is 0 Å². The zero-order chi connectivity index (χ0) is 13.2. The van der Waals surface area contributed by atoms with Crippen LogP contribution in [0.4, 0.5) is 0 Å². The number of allylic oxidation sites excluding steroid dienone is 8. The second-order valence-electron chi connectivity index (χ2n) is 4.48. The highest BCUT2D eigenvalue weighted by Crippen LogP contribution is 2.27. The molecule has 0 radical (unpaired) electrons. The summed E-state index contributed by atoms with van der Waals surface area (Å²) < 4.78 is 0. The van der Waals surface area contributed by atoms with E-state index in [1.807, 2.05) is 54.0 Å². The molecule has 1 heterocycles. The third-order valence-electron chi connectivity index (χ3n) is 3.26. The van der Waals surface area contributed by atoms with Crippen molar-refractivity contribution in [2.75, 3.05) is 0 Å². The summed E-state index contributed by atoms with van der Waals surface area (Å²) in [6.45, 7) is 0. The summed E-state index contributed by atoms with van der Waals surface area (Å²) in [5.41, 5.74) is 0.546. The molecule has 1 aromatic rings. The van der Waals surface area contributed by atoms with Crippen LogP contribution in [0.1, 0.15) is 20.0 Å². The molecular formula is C16H12O2S. The first kappa shape index (κ1) is 12.1. The van der Waals surface area contributed by atoms with Crippen LogP contribution in [-0.2, 0) is 0 Å². The Balaban J connectivity index is 1.90. The zero-order valence-electron chi connectivity index (χ0n) is 10.2. The molecule has 0 N–H and O–H groups in total. The molecule has 0 fully saturated rings. The maximum atomic E-state index is 12.4. The first-order valence-electron chi connectivity index (χ1n) is 6.13. The number of ketones is 2.